The predicted octanol–water partition coefficient (Wildman–Crippen LogP) is 3.82. The van der Waals surface area contributed by atoms with Crippen molar-refractivity contribution in [1.29, 1.82) is 0 Å². The van der Waals surface area contributed by atoms with Crippen LogP contribution in [0.3, 0.4) is 0 Å². The summed E-state index contributed by atoms with van der Waals surface area (Å²) >= 11 is 1.35. The van der Waals surface area contributed by atoms with Gasteiger partial charge in [-0.15, -0.1) is 11.3 Å². The van der Waals surface area contributed by atoms with E-state index in [1.807, 2.05) is 36.4 Å². The maximum atomic E-state index is 13.0. The molecule has 0 aliphatic heterocycles. The van der Waals surface area contributed by atoms with Crippen LogP contribution in [0.15, 0.2) is 60.2 Å². The van der Waals surface area contributed by atoms with Gasteiger partial charge in [0.25, 0.3) is 0 Å². The molecule has 3 aromatic rings. The van der Waals surface area contributed by atoms with Gasteiger partial charge >= 0.3 is 12.1 Å². The minimum Gasteiger partial charge on any atom is -0.480 e. The maximum Gasteiger partial charge on any atom is 0.407 e. The number of rotatable bonds is 9. The van der Waals surface area contributed by atoms with Crippen molar-refractivity contribution in [3.8, 4) is 11.1 Å². The highest BCUT2D eigenvalue weighted by Gasteiger charge is 2.31. The Balaban J connectivity index is 1.45. The van der Waals surface area contributed by atoms with Crippen molar-refractivity contribution >= 4 is 29.3 Å². The number of carbonyl (C=O) groups excluding carboxylic acids is 2. The summed E-state index contributed by atoms with van der Waals surface area (Å²) in [5.41, 5.74) is 6.04. The number of benzene rings is 2. The zero-order chi connectivity index (χ0) is 24.9. The fraction of sp³-hybridized carbons (Fsp3) is 0.308. The lowest BCUT2D eigenvalue weighted by Gasteiger charge is -2.23. The average molecular weight is 494 g/mol. The van der Waals surface area contributed by atoms with Gasteiger partial charge in [0.2, 0.25) is 5.91 Å². The lowest BCUT2D eigenvalue weighted by atomic mass is 9.98. The summed E-state index contributed by atoms with van der Waals surface area (Å²) in [7, 11) is 0. The van der Waals surface area contributed by atoms with Gasteiger partial charge in [-0.2, -0.15) is 0 Å². The first-order chi connectivity index (χ1) is 16.8. The van der Waals surface area contributed by atoms with Crippen LogP contribution in [0.2, 0.25) is 0 Å². The largest absolute Gasteiger partial charge is 0.480 e. The highest BCUT2D eigenvalue weighted by atomic mass is 32.1. The summed E-state index contributed by atoms with van der Waals surface area (Å²) in [5.74, 6) is -2.16. The molecule has 2 unspecified atom stereocenters. The number of fused-ring (bicyclic) bond motifs is 3. The van der Waals surface area contributed by atoms with Gasteiger partial charge < -0.3 is 20.5 Å². The van der Waals surface area contributed by atoms with Gasteiger partial charge in [0.05, 0.1) is 5.51 Å². The number of thiazole rings is 1. The molecule has 35 heavy (non-hydrogen) atoms. The van der Waals surface area contributed by atoms with Crippen molar-refractivity contribution in [2.45, 2.75) is 38.3 Å². The van der Waals surface area contributed by atoms with Gasteiger partial charge in [-0.3, -0.25) is 9.78 Å². The van der Waals surface area contributed by atoms with E-state index in [2.05, 4.69) is 27.8 Å². The summed E-state index contributed by atoms with van der Waals surface area (Å²) in [6, 6.07) is 14.0. The van der Waals surface area contributed by atoms with Crippen LogP contribution >= 0.6 is 11.3 Å². The molecule has 0 bridgehead atoms. The lowest BCUT2D eigenvalue weighted by molar-refractivity contribution is -0.143. The molecule has 8 nitrogen and oxygen atoms in total. The maximum absolute atomic E-state index is 13.0. The van der Waals surface area contributed by atoms with Gasteiger partial charge in [0.15, 0.2) is 0 Å². The van der Waals surface area contributed by atoms with Crippen molar-refractivity contribution in [3.63, 3.8) is 0 Å². The molecule has 1 aliphatic carbocycles. The number of nitrogens with one attached hydrogen (secondary N) is 2. The van der Waals surface area contributed by atoms with Gasteiger partial charge in [-0.05, 0) is 28.2 Å². The molecule has 0 spiro atoms. The third kappa shape index (κ3) is 5.51. The van der Waals surface area contributed by atoms with Crippen molar-refractivity contribution in [1.82, 2.24) is 15.6 Å². The van der Waals surface area contributed by atoms with Crippen LogP contribution < -0.4 is 10.6 Å². The fourth-order valence-corrected chi connectivity index (χ4v) is 4.94. The Hall–Kier alpha value is -3.72. The van der Waals surface area contributed by atoms with Crippen molar-refractivity contribution in [3.05, 3.63) is 76.2 Å². The zero-order valence-corrected chi connectivity index (χ0v) is 20.2. The minimum absolute atomic E-state index is 0.110. The van der Waals surface area contributed by atoms with E-state index in [9.17, 15) is 19.5 Å². The van der Waals surface area contributed by atoms with Crippen LogP contribution in [0.25, 0.3) is 11.1 Å². The van der Waals surface area contributed by atoms with Crippen LogP contribution in [0.5, 0.6) is 0 Å². The number of alkyl carbamates (subject to hydrolysis) is 1. The standard InChI is InChI=1S/C26H27N3O5S/c1-15(2)23(25(31)32)29-24(30)22(11-16-12-27-14-35-16)28-26(33)34-13-21-19-9-5-3-7-17(19)18-8-4-6-10-20(18)21/h3-10,12,14-15,21-23H,11,13H2,1-2H3,(H,28,33)(H,29,30)(H,31,32). The van der Waals surface area contributed by atoms with E-state index in [4.69, 9.17) is 4.74 Å². The average Bonchev–Trinajstić information content (AvgIpc) is 3.46. The number of aliphatic carboxylic acids is 1. The quantitative estimate of drug-likeness (QED) is 0.417. The number of carbonyl (C=O) groups is 3. The monoisotopic (exact) mass is 493 g/mol. The predicted molar refractivity (Wildman–Crippen MR) is 132 cm³/mol. The molecular weight excluding hydrogens is 466 g/mol. The fourth-order valence-electron chi connectivity index (χ4n) is 4.30. The number of carboxylic acids is 1. The Morgan fingerprint density at radius 1 is 1.03 bits per heavy atom. The lowest BCUT2D eigenvalue weighted by Crippen LogP contribution is -2.54. The Morgan fingerprint density at radius 2 is 1.66 bits per heavy atom. The molecule has 0 fully saturated rings. The third-order valence-electron chi connectivity index (χ3n) is 6.07. The molecule has 0 radical (unpaired) electrons. The molecule has 4 rings (SSSR count). The number of amides is 2. The molecule has 2 atom stereocenters. The van der Waals surface area contributed by atoms with Crippen molar-refractivity contribution in [2.75, 3.05) is 6.61 Å². The van der Waals surface area contributed by atoms with E-state index in [-0.39, 0.29) is 24.9 Å². The number of hydrogen-bond acceptors (Lipinski definition) is 6. The zero-order valence-electron chi connectivity index (χ0n) is 19.4. The Bertz CT molecular complexity index is 1170. The Kier molecular flexibility index (Phi) is 7.45. The van der Waals surface area contributed by atoms with Crippen LogP contribution in [-0.2, 0) is 20.7 Å². The van der Waals surface area contributed by atoms with E-state index in [1.165, 1.54) is 11.3 Å². The van der Waals surface area contributed by atoms with Gasteiger partial charge in [-0.25, -0.2) is 9.59 Å². The summed E-state index contributed by atoms with van der Waals surface area (Å²) < 4.78 is 5.58. The minimum atomic E-state index is -1.13. The smallest absolute Gasteiger partial charge is 0.407 e. The second-order valence-corrected chi connectivity index (χ2v) is 9.73. The number of nitrogens with zero attached hydrogens (tertiary/aromatic N) is 1. The first-order valence-electron chi connectivity index (χ1n) is 11.4. The van der Waals surface area contributed by atoms with Crippen molar-refractivity contribution < 1.29 is 24.2 Å². The second-order valence-electron chi connectivity index (χ2n) is 8.76. The number of carboxylic acid groups (broad SMARTS) is 1. The molecule has 1 aromatic heterocycles. The van der Waals surface area contributed by atoms with E-state index in [0.29, 0.717) is 0 Å². The number of ether oxygens (including phenoxy) is 1. The molecule has 9 heteroatoms. The topological polar surface area (TPSA) is 118 Å². The summed E-state index contributed by atoms with van der Waals surface area (Å²) in [6.07, 6.45) is 1.04. The van der Waals surface area contributed by atoms with Crippen LogP contribution in [0.1, 0.15) is 35.8 Å². The van der Waals surface area contributed by atoms with Crippen LogP contribution in [0.4, 0.5) is 4.79 Å². The number of aromatic nitrogens is 1. The first-order valence-corrected chi connectivity index (χ1v) is 12.2. The summed E-state index contributed by atoms with van der Waals surface area (Å²) in [4.78, 5) is 42.1. The normalized spacial score (nSPS) is 14.0. The Labute approximate surface area is 207 Å². The number of hydrogen-bond donors (Lipinski definition) is 3. The van der Waals surface area contributed by atoms with Gasteiger partial charge in [0, 0.05) is 23.4 Å². The second kappa shape index (κ2) is 10.7. The summed E-state index contributed by atoms with van der Waals surface area (Å²) in [6.45, 7) is 3.52. The molecule has 0 saturated carbocycles. The van der Waals surface area contributed by atoms with E-state index in [1.54, 1.807) is 25.6 Å². The Morgan fingerprint density at radius 3 is 2.20 bits per heavy atom. The van der Waals surface area contributed by atoms with Crippen LogP contribution in [0, 0.1) is 5.92 Å². The van der Waals surface area contributed by atoms with E-state index < -0.39 is 30.1 Å². The molecule has 2 aromatic carbocycles. The molecular formula is C26H27N3O5S. The SMILES string of the molecule is CC(C)C(NC(=O)C(Cc1cncs1)NC(=O)OCC1c2ccccc2-c2ccccc21)C(=O)O. The van der Waals surface area contributed by atoms with E-state index >= 15 is 0 Å². The highest BCUT2D eigenvalue weighted by molar-refractivity contribution is 7.09. The highest BCUT2D eigenvalue weighted by Crippen LogP contribution is 2.44. The first kappa shape index (κ1) is 24.4. The van der Waals surface area contributed by atoms with E-state index in [0.717, 1.165) is 27.1 Å². The van der Waals surface area contributed by atoms with Crippen LogP contribution in [-0.4, -0.2) is 46.8 Å². The molecule has 182 valence electrons. The molecule has 3 N–H and O–H groups in total. The summed E-state index contributed by atoms with van der Waals surface area (Å²) in [5, 5.41) is 14.6. The third-order valence-corrected chi connectivity index (χ3v) is 6.87. The molecule has 1 heterocycles. The van der Waals surface area contributed by atoms with Crippen molar-refractivity contribution in [2.24, 2.45) is 5.92 Å². The molecule has 2 amide bonds. The van der Waals surface area contributed by atoms with Gasteiger partial charge in [-0.1, -0.05) is 62.4 Å². The molecule has 1 aliphatic rings. The van der Waals surface area contributed by atoms with Gasteiger partial charge in [0.1, 0.15) is 18.7 Å². The molecule has 0 saturated heterocycles.